The van der Waals surface area contributed by atoms with Crippen molar-refractivity contribution in [1.82, 2.24) is 10.6 Å². The lowest BCUT2D eigenvalue weighted by Gasteiger charge is -2.25. The van der Waals surface area contributed by atoms with Crippen LogP contribution >= 0.6 is 12.2 Å². The molecule has 0 aliphatic carbocycles. The molecule has 0 fully saturated rings. The molecule has 3 N–H and O–H groups in total. The smallest absolute Gasteiger partial charge is 0.352 e. The Bertz CT molecular complexity index is 586. The highest BCUT2D eigenvalue weighted by Gasteiger charge is 2.23. The lowest BCUT2D eigenvalue weighted by Crippen LogP contribution is -2.43. The van der Waals surface area contributed by atoms with Crippen LogP contribution in [0.2, 0.25) is 0 Å². The van der Waals surface area contributed by atoms with E-state index in [-0.39, 0.29) is 16.9 Å². The molecular formula is C13H14N2O4S. The average molecular weight is 294 g/mol. The first-order valence-electron chi connectivity index (χ1n) is 5.79. The zero-order chi connectivity index (χ0) is 14.7. The Morgan fingerprint density at radius 2 is 2.10 bits per heavy atom. The van der Waals surface area contributed by atoms with Gasteiger partial charge < -0.3 is 25.2 Å². The number of methoxy groups -OCH3 is 2. The Kier molecular flexibility index (Phi) is 4.09. The van der Waals surface area contributed by atoms with Crippen LogP contribution in [0.15, 0.2) is 30.0 Å². The number of carboxylic acid groups (broad SMARTS) is 1. The molecule has 20 heavy (non-hydrogen) atoms. The third-order valence-corrected chi connectivity index (χ3v) is 3.09. The van der Waals surface area contributed by atoms with E-state index in [1.165, 1.54) is 0 Å². The number of thiocarbonyl (C=S) groups is 1. The number of hydrogen-bond acceptors (Lipinski definition) is 4. The van der Waals surface area contributed by atoms with Gasteiger partial charge in [-0.05, 0) is 30.4 Å². The predicted octanol–water partition coefficient (Wildman–Crippen LogP) is 1.19. The van der Waals surface area contributed by atoms with E-state index in [4.69, 9.17) is 26.8 Å². The molecule has 1 atom stereocenters. The summed E-state index contributed by atoms with van der Waals surface area (Å²) in [6.45, 7) is 0. The molecule has 0 radical (unpaired) electrons. The fourth-order valence-corrected chi connectivity index (χ4v) is 2.15. The zero-order valence-corrected chi connectivity index (χ0v) is 11.8. The van der Waals surface area contributed by atoms with Crippen LogP contribution in [-0.4, -0.2) is 30.4 Å². The highest BCUT2D eigenvalue weighted by Crippen LogP contribution is 2.31. The van der Waals surface area contributed by atoms with Crippen molar-refractivity contribution in [2.75, 3.05) is 14.2 Å². The van der Waals surface area contributed by atoms with Gasteiger partial charge in [-0.3, -0.25) is 0 Å². The zero-order valence-electron chi connectivity index (χ0n) is 11.0. The first kappa shape index (κ1) is 14.1. The number of rotatable bonds is 4. The number of benzene rings is 1. The van der Waals surface area contributed by atoms with Crippen molar-refractivity contribution in [2.24, 2.45) is 0 Å². The summed E-state index contributed by atoms with van der Waals surface area (Å²) in [5, 5.41) is 14.9. The summed E-state index contributed by atoms with van der Waals surface area (Å²) in [6.07, 6.45) is 1.54. The molecule has 0 saturated heterocycles. The van der Waals surface area contributed by atoms with Crippen molar-refractivity contribution < 1.29 is 19.4 Å². The van der Waals surface area contributed by atoms with Crippen LogP contribution in [0.4, 0.5) is 0 Å². The number of hydrogen-bond donors (Lipinski definition) is 3. The lowest BCUT2D eigenvalue weighted by molar-refractivity contribution is -0.133. The summed E-state index contributed by atoms with van der Waals surface area (Å²) in [5.41, 5.74) is 0.813. The molecular weight excluding hydrogens is 280 g/mol. The first-order valence-corrected chi connectivity index (χ1v) is 6.20. The van der Waals surface area contributed by atoms with E-state index in [1.807, 2.05) is 0 Å². The van der Waals surface area contributed by atoms with Gasteiger partial charge in [0.2, 0.25) is 0 Å². The summed E-state index contributed by atoms with van der Waals surface area (Å²) < 4.78 is 10.4. The van der Waals surface area contributed by atoms with Crippen LogP contribution in [0, 0.1) is 0 Å². The van der Waals surface area contributed by atoms with Crippen molar-refractivity contribution >= 4 is 23.3 Å². The Labute approximate surface area is 121 Å². The van der Waals surface area contributed by atoms with E-state index in [1.54, 1.807) is 38.5 Å². The molecule has 1 aromatic carbocycles. The number of carboxylic acids is 1. The summed E-state index contributed by atoms with van der Waals surface area (Å²) in [6, 6.07) is 4.94. The molecule has 1 heterocycles. The van der Waals surface area contributed by atoms with E-state index in [0.29, 0.717) is 11.5 Å². The van der Waals surface area contributed by atoms with Crippen molar-refractivity contribution in [3.05, 3.63) is 35.5 Å². The number of aliphatic carboxylic acids is 1. The van der Waals surface area contributed by atoms with Crippen LogP contribution in [0.3, 0.4) is 0 Å². The minimum Gasteiger partial charge on any atom is -0.497 e. The van der Waals surface area contributed by atoms with Crippen molar-refractivity contribution in [3.63, 3.8) is 0 Å². The van der Waals surface area contributed by atoms with E-state index in [0.717, 1.165) is 5.56 Å². The van der Waals surface area contributed by atoms with E-state index in [9.17, 15) is 4.79 Å². The maximum atomic E-state index is 11.1. The molecule has 106 valence electrons. The second-order valence-electron chi connectivity index (χ2n) is 4.07. The summed E-state index contributed by atoms with van der Waals surface area (Å²) >= 11 is 5.02. The normalized spacial score (nSPS) is 17.6. The fourth-order valence-electron chi connectivity index (χ4n) is 1.92. The number of ether oxygens (including phenoxy) is 2. The molecule has 0 bridgehead atoms. The molecule has 1 unspecified atom stereocenters. The molecule has 7 heteroatoms. The van der Waals surface area contributed by atoms with Crippen LogP contribution in [-0.2, 0) is 4.79 Å². The molecule has 1 aliphatic rings. The Hall–Kier alpha value is -2.28. The molecule has 0 saturated carbocycles. The summed E-state index contributed by atoms with van der Waals surface area (Å²) in [5.74, 6) is 0.184. The number of carbonyl (C=O) groups is 1. The van der Waals surface area contributed by atoms with Gasteiger partial charge in [0.1, 0.15) is 17.2 Å². The fraction of sp³-hybridized carbons (Fsp3) is 0.231. The topological polar surface area (TPSA) is 79.8 Å². The summed E-state index contributed by atoms with van der Waals surface area (Å²) in [7, 11) is 3.11. The molecule has 0 spiro atoms. The Morgan fingerprint density at radius 3 is 2.70 bits per heavy atom. The van der Waals surface area contributed by atoms with Crippen molar-refractivity contribution in [3.8, 4) is 11.5 Å². The highest BCUT2D eigenvalue weighted by atomic mass is 32.1. The van der Waals surface area contributed by atoms with Gasteiger partial charge in [-0.2, -0.15) is 0 Å². The standard InChI is InChI=1S/C13H14N2O4S/c1-18-7-3-4-8(11(5-7)19-2)9-6-10(12(16)17)15-13(20)14-9/h3-6,9H,1-2H3,(H,16,17)(H2,14,15,20). The number of nitrogens with one attached hydrogen (secondary N) is 2. The second kappa shape index (κ2) is 5.79. The average Bonchev–Trinajstić information content (AvgIpc) is 2.45. The van der Waals surface area contributed by atoms with Gasteiger partial charge in [-0.1, -0.05) is 0 Å². The van der Waals surface area contributed by atoms with Gasteiger partial charge in [-0.25, -0.2) is 4.79 Å². The molecule has 0 aromatic heterocycles. The monoisotopic (exact) mass is 294 g/mol. The van der Waals surface area contributed by atoms with E-state index in [2.05, 4.69) is 10.6 Å². The van der Waals surface area contributed by atoms with E-state index >= 15 is 0 Å². The minimum absolute atomic E-state index is 0.0385. The highest BCUT2D eigenvalue weighted by molar-refractivity contribution is 7.80. The molecule has 6 nitrogen and oxygen atoms in total. The van der Waals surface area contributed by atoms with Gasteiger partial charge >= 0.3 is 5.97 Å². The molecule has 1 aliphatic heterocycles. The molecule has 1 aromatic rings. The maximum Gasteiger partial charge on any atom is 0.352 e. The second-order valence-corrected chi connectivity index (χ2v) is 4.48. The molecule has 2 rings (SSSR count). The quantitative estimate of drug-likeness (QED) is 0.720. The van der Waals surface area contributed by atoms with E-state index < -0.39 is 5.97 Å². The largest absolute Gasteiger partial charge is 0.497 e. The van der Waals surface area contributed by atoms with Crippen molar-refractivity contribution in [1.29, 1.82) is 0 Å². The van der Waals surface area contributed by atoms with Gasteiger partial charge in [0, 0.05) is 11.6 Å². The van der Waals surface area contributed by atoms with Gasteiger partial charge in [-0.15, -0.1) is 0 Å². The van der Waals surface area contributed by atoms with Gasteiger partial charge in [0.15, 0.2) is 5.11 Å². The predicted molar refractivity (Wildman–Crippen MR) is 76.9 cm³/mol. The SMILES string of the molecule is COc1ccc(C2C=C(C(=O)O)NC(=S)N2)c(OC)c1. The Balaban J connectivity index is 2.42. The molecule has 0 amide bonds. The first-order chi connectivity index (χ1) is 9.55. The van der Waals surface area contributed by atoms with Gasteiger partial charge in [0.25, 0.3) is 0 Å². The van der Waals surface area contributed by atoms with Gasteiger partial charge in [0.05, 0.1) is 20.3 Å². The third kappa shape index (κ3) is 2.83. The minimum atomic E-state index is -1.06. The third-order valence-electron chi connectivity index (χ3n) is 2.87. The maximum absolute atomic E-state index is 11.1. The lowest BCUT2D eigenvalue weighted by atomic mass is 10.0. The van der Waals surface area contributed by atoms with Crippen LogP contribution in [0.5, 0.6) is 11.5 Å². The van der Waals surface area contributed by atoms with Crippen molar-refractivity contribution in [2.45, 2.75) is 6.04 Å². The van der Waals surface area contributed by atoms with Crippen LogP contribution in [0.1, 0.15) is 11.6 Å². The van der Waals surface area contributed by atoms with Crippen LogP contribution in [0.25, 0.3) is 0 Å². The van der Waals surface area contributed by atoms with Crippen LogP contribution < -0.4 is 20.1 Å². The summed E-state index contributed by atoms with van der Waals surface area (Å²) in [4.78, 5) is 11.1. The Morgan fingerprint density at radius 1 is 1.35 bits per heavy atom.